The van der Waals surface area contributed by atoms with Gasteiger partial charge in [-0.1, -0.05) is 6.07 Å². The summed E-state index contributed by atoms with van der Waals surface area (Å²) in [6.45, 7) is 3.69. The topological polar surface area (TPSA) is 68.3 Å². The maximum Gasteiger partial charge on any atom is 0.437 e. The molecule has 0 aliphatic heterocycles. The van der Waals surface area contributed by atoms with E-state index in [0.717, 1.165) is 0 Å². The smallest absolute Gasteiger partial charge is 0.437 e. The normalized spacial score (nSPS) is 10.9. The van der Waals surface area contributed by atoms with Crippen molar-refractivity contribution in [1.29, 1.82) is 0 Å². The van der Waals surface area contributed by atoms with Crippen LogP contribution in [0.2, 0.25) is 0 Å². The Morgan fingerprint density at radius 1 is 1.44 bits per heavy atom. The Bertz CT molecular complexity index is 554. The summed E-state index contributed by atoms with van der Waals surface area (Å²) in [5.74, 6) is -0.165. The van der Waals surface area contributed by atoms with Crippen LogP contribution in [0.15, 0.2) is 33.5 Å². The van der Waals surface area contributed by atoms with Gasteiger partial charge >= 0.3 is 5.76 Å². The predicted octanol–water partition coefficient (Wildman–Crippen LogP) is 1.79. The second-order valence-electron chi connectivity index (χ2n) is 3.76. The summed E-state index contributed by atoms with van der Waals surface area (Å²) in [6, 6.07) is 6.37. The van der Waals surface area contributed by atoms with Crippen molar-refractivity contribution in [1.82, 2.24) is 9.78 Å². The third kappa shape index (κ3) is 1.84. The van der Waals surface area contributed by atoms with Crippen molar-refractivity contribution in [3.63, 3.8) is 0 Å². The van der Waals surface area contributed by atoms with Gasteiger partial charge in [-0.3, -0.25) is 0 Å². The lowest BCUT2D eigenvalue weighted by molar-refractivity contribution is 0.449. The molecule has 1 aromatic heterocycles. The van der Waals surface area contributed by atoms with Crippen LogP contribution in [0.5, 0.6) is 5.75 Å². The average molecular weight is 220 g/mol. The Labute approximate surface area is 92.0 Å². The molecule has 0 spiro atoms. The van der Waals surface area contributed by atoms with Gasteiger partial charge in [-0.15, -0.1) is 5.10 Å². The Kier molecular flexibility index (Phi) is 2.52. The van der Waals surface area contributed by atoms with Crippen molar-refractivity contribution in [3.8, 4) is 17.2 Å². The second kappa shape index (κ2) is 3.84. The highest BCUT2D eigenvalue weighted by Gasteiger charge is 2.12. The number of rotatable bonds is 2. The van der Waals surface area contributed by atoms with E-state index in [1.54, 1.807) is 18.2 Å². The van der Waals surface area contributed by atoms with E-state index in [9.17, 15) is 9.90 Å². The van der Waals surface area contributed by atoms with Gasteiger partial charge in [0, 0.05) is 5.56 Å². The molecule has 0 saturated carbocycles. The van der Waals surface area contributed by atoms with Gasteiger partial charge in [0.15, 0.2) is 0 Å². The minimum Gasteiger partial charge on any atom is -0.508 e. The lowest BCUT2D eigenvalue weighted by Gasteiger charge is -1.99. The third-order valence-electron chi connectivity index (χ3n) is 2.15. The van der Waals surface area contributed by atoms with E-state index < -0.39 is 5.76 Å². The molecule has 0 aliphatic carbocycles. The molecule has 1 heterocycles. The number of aromatic nitrogens is 2. The standard InChI is InChI=1S/C11H12N2O3/c1-7(2)13-11(15)16-10(12-13)8-4-3-5-9(14)6-8/h3-7,14H,1-2H3. The summed E-state index contributed by atoms with van der Waals surface area (Å²) < 4.78 is 6.27. The van der Waals surface area contributed by atoms with E-state index in [0.29, 0.717) is 5.56 Å². The zero-order valence-corrected chi connectivity index (χ0v) is 9.04. The minimum atomic E-state index is -0.492. The van der Waals surface area contributed by atoms with Crippen LogP contribution in [0.25, 0.3) is 11.5 Å². The molecule has 0 atom stereocenters. The first-order chi connectivity index (χ1) is 7.58. The molecule has 0 amide bonds. The second-order valence-corrected chi connectivity index (χ2v) is 3.76. The monoisotopic (exact) mass is 220 g/mol. The first kappa shape index (κ1) is 10.5. The lowest BCUT2D eigenvalue weighted by Crippen LogP contribution is -2.17. The molecule has 0 unspecified atom stereocenters. The largest absolute Gasteiger partial charge is 0.508 e. The van der Waals surface area contributed by atoms with Crippen molar-refractivity contribution in [2.45, 2.75) is 19.9 Å². The maximum absolute atomic E-state index is 11.4. The summed E-state index contributed by atoms with van der Waals surface area (Å²) in [5.41, 5.74) is 0.580. The molecule has 0 saturated heterocycles. The summed E-state index contributed by atoms with van der Waals surface area (Å²) >= 11 is 0. The van der Waals surface area contributed by atoms with Crippen molar-refractivity contribution >= 4 is 0 Å². The molecule has 5 heteroatoms. The number of hydrogen-bond donors (Lipinski definition) is 1. The lowest BCUT2D eigenvalue weighted by atomic mass is 10.2. The molecule has 0 fully saturated rings. The minimum absolute atomic E-state index is 0.0534. The van der Waals surface area contributed by atoms with Crippen molar-refractivity contribution in [2.75, 3.05) is 0 Å². The number of hydrogen-bond acceptors (Lipinski definition) is 4. The fraction of sp³-hybridized carbons (Fsp3) is 0.273. The SMILES string of the molecule is CC(C)n1nc(-c2cccc(O)c2)oc1=O. The highest BCUT2D eigenvalue weighted by molar-refractivity contribution is 5.54. The van der Waals surface area contributed by atoms with Gasteiger partial charge in [0.2, 0.25) is 5.89 Å². The van der Waals surface area contributed by atoms with Gasteiger partial charge in [0.25, 0.3) is 0 Å². The molecule has 2 rings (SSSR count). The molecule has 1 N–H and O–H groups in total. The van der Waals surface area contributed by atoms with E-state index >= 15 is 0 Å². The van der Waals surface area contributed by atoms with E-state index in [2.05, 4.69) is 5.10 Å². The van der Waals surface area contributed by atoms with Crippen LogP contribution in [0.3, 0.4) is 0 Å². The molecule has 0 radical (unpaired) electrons. The quantitative estimate of drug-likeness (QED) is 0.837. The Morgan fingerprint density at radius 2 is 2.19 bits per heavy atom. The molecule has 16 heavy (non-hydrogen) atoms. The average Bonchev–Trinajstić information content (AvgIpc) is 2.60. The first-order valence-corrected chi connectivity index (χ1v) is 4.97. The third-order valence-corrected chi connectivity index (χ3v) is 2.15. The van der Waals surface area contributed by atoms with Crippen LogP contribution in [-0.4, -0.2) is 14.9 Å². The van der Waals surface area contributed by atoms with Crippen LogP contribution < -0.4 is 5.76 Å². The molecule has 0 bridgehead atoms. The van der Waals surface area contributed by atoms with Gasteiger partial charge in [-0.25, -0.2) is 4.79 Å². The highest BCUT2D eigenvalue weighted by Crippen LogP contribution is 2.20. The first-order valence-electron chi connectivity index (χ1n) is 4.97. The zero-order valence-electron chi connectivity index (χ0n) is 9.04. The summed E-state index contributed by atoms with van der Waals surface area (Å²) in [7, 11) is 0. The van der Waals surface area contributed by atoms with Crippen molar-refractivity contribution < 1.29 is 9.52 Å². The van der Waals surface area contributed by atoms with Crippen LogP contribution >= 0.6 is 0 Å². The van der Waals surface area contributed by atoms with Crippen LogP contribution in [-0.2, 0) is 0 Å². The Balaban J connectivity index is 2.50. The molecular weight excluding hydrogens is 208 g/mol. The predicted molar refractivity (Wildman–Crippen MR) is 58.2 cm³/mol. The highest BCUT2D eigenvalue weighted by atomic mass is 16.4. The number of benzene rings is 1. The summed E-state index contributed by atoms with van der Waals surface area (Å²) in [6.07, 6.45) is 0. The molecule has 5 nitrogen and oxygen atoms in total. The maximum atomic E-state index is 11.4. The van der Waals surface area contributed by atoms with Crippen LogP contribution in [0, 0.1) is 0 Å². The summed E-state index contributed by atoms with van der Waals surface area (Å²) in [4.78, 5) is 11.4. The molecule has 0 aliphatic rings. The fourth-order valence-corrected chi connectivity index (χ4v) is 1.37. The van der Waals surface area contributed by atoms with Crippen molar-refractivity contribution in [2.24, 2.45) is 0 Å². The van der Waals surface area contributed by atoms with E-state index in [4.69, 9.17) is 4.42 Å². The number of nitrogens with zero attached hydrogens (tertiary/aromatic N) is 2. The fourth-order valence-electron chi connectivity index (χ4n) is 1.37. The van der Waals surface area contributed by atoms with Crippen LogP contribution in [0.4, 0.5) is 0 Å². The van der Waals surface area contributed by atoms with Crippen LogP contribution in [0.1, 0.15) is 19.9 Å². The zero-order chi connectivity index (χ0) is 11.7. The Morgan fingerprint density at radius 3 is 2.75 bits per heavy atom. The van der Waals surface area contributed by atoms with E-state index in [1.807, 2.05) is 13.8 Å². The molecule has 1 aromatic carbocycles. The molecule has 2 aromatic rings. The Hall–Kier alpha value is -2.04. The number of aromatic hydroxyl groups is 1. The van der Waals surface area contributed by atoms with E-state index in [-0.39, 0.29) is 17.7 Å². The summed E-state index contributed by atoms with van der Waals surface area (Å²) in [5, 5.41) is 13.4. The molecule has 84 valence electrons. The van der Waals surface area contributed by atoms with Gasteiger partial charge in [0.1, 0.15) is 5.75 Å². The van der Waals surface area contributed by atoms with Gasteiger partial charge in [-0.05, 0) is 32.0 Å². The van der Waals surface area contributed by atoms with E-state index in [1.165, 1.54) is 10.7 Å². The molecular formula is C11H12N2O3. The van der Waals surface area contributed by atoms with Gasteiger partial charge < -0.3 is 9.52 Å². The van der Waals surface area contributed by atoms with Gasteiger partial charge in [-0.2, -0.15) is 4.68 Å². The number of phenols is 1. The number of phenolic OH excluding ortho intramolecular Hbond substituents is 1. The van der Waals surface area contributed by atoms with Crippen molar-refractivity contribution in [3.05, 3.63) is 34.8 Å². The van der Waals surface area contributed by atoms with Gasteiger partial charge in [0.05, 0.1) is 6.04 Å².